The smallest absolute Gasteiger partial charge is 0.339 e. The van der Waals surface area contributed by atoms with E-state index in [2.05, 4.69) is 20.2 Å². The molecule has 0 saturated heterocycles. The summed E-state index contributed by atoms with van der Waals surface area (Å²) in [4.78, 5) is 29.7. The van der Waals surface area contributed by atoms with Crippen molar-refractivity contribution in [2.75, 3.05) is 14.2 Å². The molecule has 2 heterocycles. The molecule has 0 radical (unpaired) electrons. The first-order valence-electron chi connectivity index (χ1n) is 7.93. The van der Waals surface area contributed by atoms with Crippen LogP contribution in [0.15, 0.2) is 10.2 Å². The van der Waals surface area contributed by atoms with Crippen molar-refractivity contribution in [3.63, 3.8) is 0 Å². The Bertz CT molecular complexity index is 829. The predicted molar refractivity (Wildman–Crippen MR) is 98.4 cm³/mol. The summed E-state index contributed by atoms with van der Waals surface area (Å²) in [5.74, 6) is -0.792. The SMILES string of the molecule is COC(=O)c1c(C)[nH]c(/C=N\N=C/c2[nH]c(C)c(C(=O)OC)c2C)c1C. The van der Waals surface area contributed by atoms with E-state index in [1.165, 1.54) is 26.6 Å². The fraction of sp³-hybridized carbons (Fsp3) is 0.333. The Hall–Kier alpha value is -3.16. The highest BCUT2D eigenvalue weighted by Crippen LogP contribution is 2.18. The molecule has 0 aromatic carbocycles. The van der Waals surface area contributed by atoms with E-state index in [4.69, 9.17) is 9.47 Å². The van der Waals surface area contributed by atoms with Crippen molar-refractivity contribution >= 4 is 24.4 Å². The number of ether oxygens (including phenoxy) is 2. The third-order valence-electron chi connectivity index (χ3n) is 4.17. The van der Waals surface area contributed by atoms with Gasteiger partial charge in [-0.1, -0.05) is 0 Å². The highest BCUT2D eigenvalue weighted by atomic mass is 16.5. The molecule has 2 rings (SSSR count). The van der Waals surface area contributed by atoms with E-state index in [9.17, 15) is 9.59 Å². The molecular formula is C18H22N4O4. The number of aryl methyl sites for hydroxylation is 2. The van der Waals surface area contributed by atoms with E-state index in [1.807, 2.05) is 13.8 Å². The van der Waals surface area contributed by atoms with Crippen molar-refractivity contribution in [3.8, 4) is 0 Å². The van der Waals surface area contributed by atoms with Crippen LogP contribution in [0.3, 0.4) is 0 Å². The molecule has 0 aliphatic carbocycles. The second-order valence-corrected chi connectivity index (χ2v) is 5.80. The molecule has 0 aliphatic rings. The predicted octanol–water partition coefficient (Wildman–Crippen LogP) is 2.60. The summed E-state index contributed by atoms with van der Waals surface area (Å²) in [6.07, 6.45) is 3.05. The van der Waals surface area contributed by atoms with Crippen molar-refractivity contribution in [1.82, 2.24) is 9.97 Å². The van der Waals surface area contributed by atoms with E-state index in [0.717, 1.165) is 11.1 Å². The standard InChI is InChI=1S/C18H22N4O4/c1-9-13(21-11(3)15(9)17(23)25-5)7-19-20-8-14-10(2)16(12(4)22-14)18(24)26-6/h7-8,21-22H,1-6H3/b19-7-,20-8-. The fourth-order valence-electron chi connectivity index (χ4n) is 2.81. The van der Waals surface area contributed by atoms with Crippen LogP contribution in [-0.2, 0) is 9.47 Å². The maximum atomic E-state index is 11.8. The molecule has 0 spiro atoms. The summed E-state index contributed by atoms with van der Waals surface area (Å²) in [6.45, 7) is 7.20. The van der Waals surface area contributed by atoms with Gasteiger partial charge in [0.1, 0.15) is 0 Å². The van der Waals surface area contributed by atoms with E-state index in [0.29, 0.717) is 33.9 Å². The third kappa shape index (κ3) is 3.58. The van der Waals surface area contributed by atoms with Crippen LogP contribution in [0.5, 0.6) is 0 Å². The van der Waals surface area contributed by atoms with Crippen molar-refractivity contribution in [2.45, 2.75) is 27.7 Å². The zero-order chi connectivity index (χ0) is 19.4. The molecule has 0 saturated carbocycles. The molecule has 2 aromatic heterocycles. The Balaban J connectivity index is 2.22. The lowest BCUT2D eigenvalue weighted by Gasteiger charge is -1.98. The quantitative estimate of drug-likeness (QED) is 0.486. The second kappa shape index (κ2) is 7.81. The number of H-pyrrole nitrogens is 2. The van der Waals surface area contributed by atoms with E-state index >= 15 is 0 Å². The van der Waals surface area contributed by atoms with Gasteiger partial charge in [-0.05, 0) is 38.8 Å². The molecule has 0 atom stereocenters. The van der Waals surface area contributed by atoms with Gasteiger partial charge in [0, 0.05) is 11.4 Å². The minimum absolute atomic E-state index is 0.396. The van der Waals surface area contributed by atoms with Gasteiger partial charge in [0.05, 0.1) is 49.2 Å². The Kier molecular flexibility index (Phi) is 5.76. The number of methoxy groups -OCH3 is 2. The number of esters is 2. The van der Waals surface area contributed by atoms with Crippen LogP contribution in [-0.4, -0.2) is 48.6 Å². The van der Waals surface area contributed by atoms with Crippen molar-refractivity contribution in [2.24, 2.45) is 10.2 Å². The van der Waals surface area contributed by atoms with Crippen LogP contribution in [0.1, 0.15) is 54.6 Å². The largest absolute Gasteiger partial charge is 0.465 e. The van der Waals surface area contributed by atoms with Crippen LogP contribution in [0.2, 0.25) is 0 Å². The summed E-state index contributed by atoms with van der Waals surface area (Å²) in [6, 6.07) is 0. The number of aromatic nitrogens is 2. The van der Waals surface area contributed by atoms with Crippen LogP contribution in [0, 0.1) is 27.7 Å². The molecular weight excluding hydrogens is 336 g/mol. The molecule has 0 bridgehead atoms. The zero-order valence-electron chi connectivity index (χ0n) is 15.7. The van der Waals surface area contributed by atoms with Crippen molar-refractivity contribution < 1.29 is 19.1 Å². The van der Waals surface area contributed by atoms with Gasteiger partial charge in [0.2, 0.25) is 0 Å². The maximum Gasteiger partial charge on any atom is 0.339 e. The molecule has 0 fully saturated rings. The summed E-state index contributed by atoms with van der Waals surface area (Å²) in [5.41, 5.74) is 5.25. The third-order valence-corrected chi connectivity index (χ3v) is 4.17. The number of nitrogens with zero attached hydrogens (tertiary/aromatic N) is 2. The normalized spacial score (nSPS) is 11.5. The zero-order valence-corrected chi connectivity index (χ0v) is 15.7. The van der Waals surface area contributed by atoms with Gasteiger partial charge in [0.25, 0.3) is 0 Å². The lowest BCUT2D eigenvalue weighted by Crippen LogP contribution is -2.03. The minimum atomic E-state index is -0.396. The van der Waals surface area contributed by atoms with E-state index < -0.39 is 11.9 Å². The molecule has 0 aliphatic heterocycles. The summed E-state index contributed by atoms with van der Waals surface area (Å²) in [5, 5.41) is 8.01. The second-order valence-electron chi connectivity index (χ2n) is 5.80. The van der Waals surface area contributed by atoms with Crippen molar-refractivity contribution in [1.29, 1.82) is 0 Å². The van der Waals surface area contributed by atoms with E-state index in [-0.39, 0.29) is 0 Å². The Labute approximate surface area is 151 Å². The Morgan fingerprint density at radius 2 is 1.12 bits per heavy atom. The molecule has 26 heavy (non-hydrogen) atoms. The monoisotopic (exact) mass is 358 g/mol. The Morgan fingerprint density at radius 1 is 0.769 bits per heavy atom. The molecule has 8 nitrogen and oxygen atoms in total. The molecule has 8 heteroatoms. The number of carbonyl (C=O) groups is 2. The van der Waals surface area contributed by atoms with Gasteiger partial charge in [-0.15, -0.1) is 0 Å². The highest BCUT2D eigenvalue weighted by molar-refractivity contribution is 5.97. The van der Waals surface area contributed by atoms with Gasteiger partial charge in [-0.3, -0.25) is 0 Å². The molecule has 138 valence electrons. The topological polar surface area (TPSA) is 109 Å². The number of hydrogen-bond donors (Lipinski definition) is 2. The number of nitrogens with one attached hydrogen (secondary N) is 2. The average molecular weight is 358 g/mol. The molecule has 2 N–H and O–H groups in total. The van der Waals surface area contributed by atoms with E-state index in [1.54, 1.807) is 13.8 Å². The van der Waals surface area contributed by atoms with Gasteiger partial charge >= 0.3 is 11.9 Å². The minimum Gasteiger partial charge on any atom is -0.465 e. The summed E-state index contributed by atoms with van der Waals surface area (Å²) < 4.78 is 9.55. The number of rotatable bonds is 5. The summed E-state index contributed by atoms with van der Waals surface area (Å²) >= 11 is 0. The van der Waals surface area contributed by atoms with Gasteiger partial charge in [-0.2, -0.15) is 10.2 Å². The Morgan fingerprint density at radius 3 is 1.42 bits per heavy atom. The van der Waals surface area contributed by atoms with Gasteiger partial charge in [-0.25, -0.2) is 9.59 Å². The molecule has 0 unspecified atom stereocenters. The maximum absolute atomic E-state index is 11.8. The van der Waals surface area contributed by atoms with Crippen molar-refractivity contribution in [3.05, 3.63) is 45.0 Å². The van der Waals surface area contributed by atoms with Gasteiger partial charge in [0.15, 0.2) is 0 Å². The van der Waals surface area contributed by atoms with Gasteiger partial charge < -0.3 is 19.4 Å². The summed E-state index contributed by atoms with van der Waals surface area (Å²) in [7, 11) is 2.69. The lowest BCUT2D eigenvalue weighted by atomic mass is 10.1. The average Bonchev–Trinajstić information content (AvgIpc) is 3.05. The number of aromatic amines is 2. The molecule has 0 amide bonds. The first kappa shape index (κ1) is 19.2. The van der Waals surface area contributed by atoms with Crippen LogP contribution in [0.25, 0.3) is 0 Å². The van der Waals surface area contributed by atoms with Crippen LogP contribution < -0.4 is 0 Å². The lowest BCUT2D eigenvalue weighted by molar-refractivity contribution is 0.0590. The first-order valence-corrected chi connectivity index (χ1v) is 7.93. The first-order chi connectivity index (χ1) is 12.3. The van der Waals surface area contributed by atoms with Crippen LogP contribution in [0.4, 0.5) is 0 Å². The highest BCUT2D eigenvalue weighted by Gasteiger charge is 2.18. The van der Waals surface area contributed by atoms with Crippen LogP contribution >= 0.6 is 0 Å². The fourth-order valence-corrected chi connectivity index (χ4v) is 2.81. The molecule has 2 aromatic rings. The number of hydrogen-bond acceptors (Lipinski definition) is 6. The number of carbonyl (C=O) groups excluding carboxylic acids is 2.